The summed E-state index contributed by atoms with van der Waals surface area (Å²) in [4.78, 5) is 170. The van der Waals surface area contributed by atoms with Gasteiger partial charge in [0.25, 0.3) is 0 Å². The molecule has 29 heteroatoms. The highest BCUT2D eigenvalue weighted by atomic mass is 35.5. The van der Waals surface area contributed by atoms with Crippen molar-refractivity contribution in [1.29, 1.82) is 0 Å². The molecule has 0 saturated carbocycles. The van der Waals surface area contributed by atoms with Crippen LogP contribution in [0.5, 0.6) is 11.5 Å². The van der Waals surface area contributed by atoms with Crippen molar-refractivity contribution in [1.82, 2.24) is 40.9 Å². The molecule has 88 heavy (non-hydrogen) atoms. The van der Waals surface area contributed by atoms with Gasteiger partial charge in [-0.1, -0.05) is 72.2 Å². The van der Waals surface area contributed by atoms with Gasteiger partial charge in [0.2, 0.25) is 29.5 Å². The smallest absolute Gasteiger partial charge is 0.317 e. The molecule has 0 unspecified atom stereocenters. The molecule has 3 aliphatic heterocycles. The quantitative estimate of drug-likeness (QED) is 0.0698. The summed E-state index contributed by atoms with van der Waals surface area (Å²) in [5, 5.41) is 71.0. The van der Waals surface area contributed by atoms with Gasteiger partial charge in [0.15, 0.2) is 23.1 Å². The number of halogens is 1. The number of aromatic hydroxyl groups is 2. The zero-order valence-corrected chi connectivity index (χ0v) is 52.0. The topological polar surface area (TPSA) is 387 Å². The lowest BCUT2D eigenvalue weighted by Gasteiger charge is -2.30. The fourth-order valence-electron chi connectivity index (χ4n) is 10.7. The number of aliphatic hydroxyl groups excluding tert-OH is 1. The molecule has 26 nitrogen and oxygen atoms in total. The predicted molar refractivity (Wildman–Crippen MR) is 324 cm³/mol. The molecule has 3 saturated heterocycles. The number of phenols is 2. The van der Waals surface area contributed by atoms with Crippen LogP contribution in [0.1, 0.15) is 83.3 Å². The van der Waals surface area contributed by atoms with Crippen LogP contribution in [0.3, 0.4) is 0 Å². The van der Waals surface area contributed by atoms with E-state index in [1.807, 2.05) is 13.8 Å². The first-order valence-electron chi connectivity index (χ1n) is 29.3. The highest BCUT2D eigenvalue weighted by Crippen LogP contribution is 2.31. The van der Waals surface area contributed by atoms with Crippen molar-refractivity contribution < 1.29 is 88.2 Å². The minimum Gasteiger partial charge on any atom is -0.508 e. The number of carboxylic acids is 3. The summed E-state index contributed by atoms with van der Waals surface area (Å²) < 4.78 is 0. The maximum absolute atomic E-state index is 15.1. The van der Waals surface area contributed by atoms with Crippen molar-refractivity contribution in [3.05, 3.63) is 58.6 Å². The monoisotopic (exact) mass is 1290 g/mol. The molecular formula is C59H81ClN8O18S2. The number of carbonyl (C=O) groups excluding carboxylic acids is 9. The highest BCUT2D eigenvalue weighted by molar-refractivity contribution is 8.76. The van der Waals surface area contributed by atoms with Gasteiger partial charge in [-0.3, -0.25) is 72.2 Å². The number of benzene rings is 2. The number of aliphatic carboxylic acids is 3. The fraction of sp³-hybridized carbons (Fsp3) is 0.593. The van der Waals surface area contributed by atoms with Crippen LogP contribution in [0, 0.1) is 23.7 Å². The van der Waals surface area contributed by atoms with Crippen molar-refractivity contribution in [3.63, 3.8) is 0 Å². The molecule has 2 aromatic rings. The second-order valence-electron chi connectivity index (χ2n) is 23.0. The average molecular weight is 1290 g/mol. The van der Waals surface area contributed by atoms with Gasteiger partial charge in [-0.15, -0.1) is 0 Å². The highest BCUT2D eigenvalue weighted by Gasteiger charge is 2.43. The Morgan fingerprint density at radius 1 is 0.761 bits per heavy atom. The molecule has 5 amide bonds. The molecule has 0 aliphatic carbocycles. The lowest BCUT2D eigenvalue weighted by molar-refractivity contribution is -0.142. The van der Waals surface area contributed by atoms with E-state index in [9.17, 15) is 83.4 Å². The van der Waals surface area contributed by atoms with E-state index < -0.39 is 152 Å². The SMILES string of the molecule is CCC(=O)[C@@H]1CSSC[C@H](NC(=O)[C@@H](CCC(=O)O)CC(=O)[C@H](Cc2ccc(O)cc2)NC(=O)CN2CCN(CC(=O)O)CCN(CC(=O)O)CC2)C(=O)N2C[C@H](O)C[C@H]2C(=O)C[C@@H](Cc2ccc(O)c(Cl)c2)C(=O)NCC(=O)C[C@@H](CC(C)C)C(=O)N1. The second-order valence-corrected chi connectivity index (χ2v) is 25.9. The molecule has 2 aromatic carbocycles. The van der Waals surface area contributed by atoms with Crippen LogP contribution in [-0.4, -0.2) is 235 Å². The standard InChI is InChI=1S/C59H81ClN8O18S2/c1-4-48(72)45-32-87-88-33-46(59(86)68-28-42(71)26-47(68)51(75)25-39(20-36-7-11-49(73)43(60)21-36)56(83)61-27-41(70)23-38(19-34(2)3)58(85)63-45)64-57(84)37(8-12-53(77)78)24-50(74)44(22-35-5-9-40(69)10-6-35)62-52(76)29-65-13-15-66(30-54(79)80)17-18-67(16-14-65)31-55(81)82/h5-7,9-11,21,34,37-39,42,44-47,69,71,73H,4,8,12-20,22-33H2,1-3H3,(H,61,83)(H,62,76)(H,63,85)(H,64,84)(H,77,78)(H,79,80)(H,81,82)/t37-,38+,39+,42+,44-,45-,46-,47-/m0/s1. The van der Waals surface area contributed by atoms with E-state index in [2.05, 4.69) is 21.3 Å². The number of carbonyl (C=O) groups is 12. The number of ketones is 4. The predicted octanol–water partition coefficient (Wildman–Crippen LogP) is 1.17. The van der Waals surface area contributed by atoms with Crippen molar-refractivity contribution in [2.24, 2.45) is 23.7 Å². The molecule has 0 aromatic heterocycles. The lowest BCUT2D eigenvalue weighted by Crippen LogP contribution is -2.54. The van der Waals surface area contributed by atoms with E-state index in [0.29, 0.717) is 11.1 Å². The number of fused-ring (bicyclic) bond motifs is 1. The number of Topliss-reactive ketones (excluding diaryl/α,β-unsaturated/α-hetero) is 4. The summed E-state index contributed by atoms with van der Waals surface area (Å²) in [6.45, 7) is 4.59. The molecule has 8 atom stereocenters. The fourth-order valence-corrected chi connectivity index (χ4v) is 13.3. The molecule has 3 aliphatic rings. The summed E-state index contributed by atoms with van der Waals surface area (Å²) in [6, 6.07) is 4.49. The normalized spacial score (nSPS) is 22.8. The number of phenolic OH excluding ortho intramolecular Hbond substituents is 2. The minimum absolute atomic E-state index is 0.00974. The number of amides is 5. The average Bonchev–Trinajstić information content (AvgIpc) is 2.14. The van der Waals surface area contributed by atoms with Crippen molar-refractivity contribution in [2.75, 3.05) is 83.5 Å². The maximum Gasteiger partial charge on any atom is 0.317 e. The molecule has 0 spiro atoms. The number of rotatable bonds is 23. The third-order valence-corrected chi connectivity index (χ3v) is 18.2. The Bertz CT molecular complexity index is 2800. The third kappa shape index (κ3) is 24.0. The van der Waals surface area contributed by atoms with Gasteiger partial charge in [-0.25, -0.2) is 0 Å². The van der Waals surface area contributed by atoms with Crippen LogP contribution in [0.2, 0.25) is 5.02 Å². The van der Waals surface area contributed by atoms with Crippen LogP contribution < -0.4 is 21.3 Å². The van der Waals surface area contributed by atoms with E-state index in [1.165, 1.54) is 42.5 Å². The maximum atomic E-state index is 15.1. The minimum atomic E-state index is -1.57. The molecule has 3 fully saturated rings. The van der Waals surface area contributed by atoms with Gasteiger partial charge < -0.3 is 56.8 Å². The molecule has 484 valence electrons. The molecule has 10 N–H and O–H groups in total. The van der Waals surface area contributed by atoms with E-state index in [-0.39, 0.29) is 137 Å². The van der Waals surface area contributed by atoms with Gasteiger partial charge >= 0.3 is 17.9 Å². The first-order valence-corrected chi connectivity index (χ1v) is 32.1. The molecule has 0 bridgehead atoms. The second kappa shape index (κ2) is 35.5. The summed E-state index contributed by atoms with van der Waals surface area (Å²) in [7, 11) is 2.06. The number of nitrogens with one attached hydrogen (secondary N) is 4. The number of aliphatic hydroxyl groups is 1. The van der Waals surface area contributed by atoms with E-state index in [1.54, 1.807) is 21.6 Å². The lowest BCUT2D eigenvalue weighted by atomic mass is 9.89. The molecule has 3 heterocycles. The van der Waals surface area contributed by atoms with Gasteiger partial charge in [0.05, 0.1) is 55.4 Å². The van der Waals surface area contributed by atoms with Gasteiger partial charge in [0.1, 0.15) is 17.5 Å². The van der Waals surface area contributed by atoms with Crippen LogP contribution >= 0.6 is 33.2 Å². The molecular weight excluding hydrogens is 1210 g/mol. The Balaban J connectivity index is 1.48. The van der Waals surface area contributed by atoms with E-state index in [4.69, 9.17) is 11.6 Å². The number of nitrogens with zero attached hydrogens (tertiary/aromatic N) is 4. The zero-order chi connectivity index (χ0) is 64.8. The Morgan fingerprint density at radius 3 is 1.94 bits per heavy atom. The van der Waals surface area contributed by atoms with Crippen molar-refractivity contribution in [3.8, 4) is 11.5 Å². The summed E-state index contributed by atoms with van der Waals surface area (Å²) >= 11 is 6.22. The number of hydrogen-bond acceptors (Lipinski definition) is 20. The summed E-state index contributed by atoms with van der Waals surface area (Å²) in [5.74, 6) is -14.1. The Hall–Kier alpha value is -6.69. The first-order chi connectivity index (χ1) is 41.7. The van der Waals surface area contributed by atoms with Gasteiger partial charge in [-0.2, -0.15) is 0 Å². The molecule has 0 radical (unpaired) electrons. The molecule has 5 rings (SSSR count). The third-order valence-electron chi connectivity index (χ3n) is 15.4. The number of hydrogen-bond donors (Lipinski definition) is 10. The van der Waals surface area contributed by atoms with Crippen molar-refractivity contribution >= 4 is 104 Å². The largest absolute Gasteiger partial charge is 0.508 e. The van der Waals surface area contributed by atoms with E-state index in [0.717, 1.165) is 26.5 Å². The Morgan fingerprint density at radius 2 is 1.36 bits per heavy atom. The van der Waals surface area contributed by atoms with Gasteiger partial charge in [0, 0.05) is 114 Å². The van der Waals surface area contributed by atoms with Crippen molar-refractivity contribution in [2.45, 2.75) is 115 Å². The van der Waals surface area contributed by atoms with Gasteiger partial charge in [-0.05, 0) is 67.0 Å². The van der Waals surface area contributed by atoms with Crippen LogP contribution in [0.4, 0.5) is 0 Å². The van der Waals surface area contributed by atoms with E-state index >= 15 is 4.79 Å². The van der Waals surface area contributed by atoms with Crippen LogP contribution in [0.15, 0.2) is 42.5 Å². The summed E-state index contributed by atoms with van der Waals surface area (Å²) in [6.07, 6.45) is -4.23. The Labute approximate surface area is 523 Å². The number of carboxylic acid groups (broad SMARTS) is 3. The van der Waals surface area contributed by atoms with Crippen LogP contribution in [0.25, 0.3) is 0 Å². The Kier molecular flexibility index (Phi) is 29.1. The van der Waals surface area contributed by atoms with Crippen LogP contribution in [-0.2, 0) is 70.4 Å². The first kappa shape index (κ1) is 72.1. The summed E-state index contributed by atoms with van der Waals surface area (Å²) in [5.41, 5.74) is 0.880. The zero-order valence-electron chi connectivity index (χ0n) is 49.6.